The molecule has 0 aromatic heterocycles. The number of carbonyl (C=O) groups excluding carboxylic acids is 1. The quantitative estimate of drug-likeness (QED) is 0.593. The molecule has 1 heterocycles. The lowest BCUT2D eigenvalue weighted by atomic mass is 10.0. The molecule has 1 aromatic rings. The summed E-state index contributed by atoms with van der Waals surface area (Å²) in [5.41, 5.74) is 0.429. The summed E-state index contributed by atoms with van der Waals surface area (Å²) in [7, 11) is 1.49. The fourth-order valence-electron chi connectivity index (χ4n) is 2.11. The minimum atomic E-state index is -0.932. The number of hydrogen-bond acceptors (Lipinski definition) is 5. The third-order valence-electron chi connectivity index (χ3n) is 3.24. The molecule has 21 heavy (non-hydrogen) atoms. The van der Waals surface area contributed by atoms with Crippen LogP contribution in [0.4, 0.5) is 0 Å². The Kier molecular flexibility index (Phi) is 6.19. The second-order valence-electron chi connectivity index (χ2n) is 4.60. The van der Waals surface area contributed by atoms with Crippen LogP contribution in [0.5, 0.6) is 0 Å². The van der Waals surface area contributed by atoms with E-state index in [2.05, 4.69) is 31.9 Å². The fourth-order valence-corrected chi connectivity index (χ4v) is 3.27. The minimum Gasteiger partial charge on any atom is -0.453 e. The van der Waals surface area contributed by atoms with Gasteiger partial charge in [0.05, 0.1) is 10.4 Å². The molecule has 0 spiro atoms. The zero-order valence-corrected chi connectivity index (χ0v) is 14.5. The van der Waals surface area contributed by atoms with E-state index in [9.17, 15) is 9.90 Å². The van der Waals surface area contributed by atoms with Gasteiger partial charge in [-0.3, -0.25) is 0 Å². The monoisotopic (exact) mass is 422 g/mol. The molecule has 1 N–H and O–H groups in total. The first-order chi connectivity index (χ1) is 10.1. The standard InChI is InChI=1S/C14H16Br2O5/c1-19-14-10(16)11(17)12(9(7-15)20-14)21-13(18)8-5-3-2-4-6-8/h2-6,9-12,14,17H,7H2,1H3. The van der Waals surface area contributed by atoms with E-state index in [0.717, 1.165) is 0 Å². The summed E-state index contributed by atoms with van der Waals surface area (Å²) < 4.78 is 16.2. The Hall–Kier alpha value is -0.470. The average Bonchev–Trinajstić information content (AvgIpc) is 2.53. The number of alkyl halides is 2. The average molecular weight is 424 g/mol. The third-order valence-corrected chi connectivity index (χ3v) is 4.85. The predicted octanol–water partition coefficient (Wildman–Crippen LogP) is 2.10. The van der Waals surface area contributed by atoms with Gasteiger partial charge in [0.1, 0.15) is 12.2 Å². The fraction of sp³-hybridized carbons (Fsp3) is 0.500. The van der Waals surface area contributed by atoms with Crippen molar-refractivity contribution in [3.8, 4) is 0 Å². The Morgan fingerprint density at radius 2 is 2.05 bits per heavy atom. The smallest absolute Gasteiger partial charge is 0.338 e. The first-order valence-electron chi connectivity index (χ1n) is 6.41. The van der Waals surface area contributed by atoms with E-state index < -0.39 is 35.4 Å². The van der Waals surface area contributed by atoms with E-state index >= 15 is 0 Å². The second kappa shape index (κ2) is 7.69. The molecule has 1 fully saturated rings. The Bertz CT molecular complexity index is 468. The minimum absolute atomic E-state index is 0.413. The van der Waals surface area contributed by atoms with Crippen LogP contribution in [0.15, 0.2) is 30.3 Å². The van der Waals surface area contributed by atoms with E-state index in [1.54, 1.807) is 24.3 Å². The largest absolute Gasteiger partial charge is 0.453 e. The number of halogens is 2. The Morgan fingerprint density at radius 3 is 2.62 bits per heavy atom. The lowest BCUT2D eigenvalue weighted by Gasteiger charge is -2.41. The van der Waals surface area contributed by atoms with Crippen molar-refractivity contribution in [3.63, 3.8) is 0 Å². The van der Waals surface area contributed by atoms with Crippen molar-refractivity contribution in [2.45, 2.75) is 29.4 Å². The van der Waals surface area contributed by atoms with Gasteiger partial charge in [0.15, 0.2) is 12.4 Å². The third kappa shape index (κ3) is 3.84. The Morgan fingerprint density at radius 1 is 1.38 bits per heavy atom. The number of rotatable bonds is 4. The number of benzene rings is 1. The van der Waals surface area contributed by atoms with Crippen molar-refractivity contribution >= 4 is 37.8 Å². The first kappa shape index (κ1) is 16.9. The van der Waals surface area contributed by atoms with Crippen LogP contribution in [0.3, 0.4) is 0 Å². The van der Waals surface area contributed by atoms with Crippen molar-refractivity contribution in [3.05, 3.63) is 35.9 Å². The summed E-state index contributed by atoms with van der Waals surface area (Å²) in [4.78, 5) is 11.6. The molecule has 0 aliphatic carbocycles. The maximum Gasteiger partial charge on any atom is 0.338 e. The highest BCUT2D eigenvalue weighted by molar-refractivity contribution is 9.09. The Balaban J connectivity index is 2.11. The summed E-state index contributed by atoms with van der Waals surface area (Å²) >= 11 is 6.62. The molecule has 116 valence electrons. The first-order valence-corrected chi connectivity index (χ1v) is 8.44. The van der Waals surface area contributed by atoms with Crippen LogP contribution in [0.2, 0.25) is 0 Å². The number of methoxy groups -OCH3 is 1. The molecule has 2 rings (SSSR count). The van der Waals surface area contributed by atoms with Gasteiger partial charge in [-0.25, -0.2) is 4.79 Å². The number of esters is 1. The van der Waals surface area contributed by atoms with Gasteiger partial charge in [0.25, 0.3) is 0 Å². The highest BCUT2D eigenvalue weighted by Gasteiger charge is 2.46. The highest BCUT2D eigenvalue weighted by Crippen LogP contribution is 2.30. The summed E-state index contributed by atoms with van der Waals surface area (Å²) in [5, 5.41) is 10.7. The van der Waals surface area contributed by atoms with Crippen molar-refractivity contribution < 1.29 is 24.1 Å². The van der Waals surface area contributed by atoms with E-state index in [4.69, 9.17) is 14.2 Å². The maximum atomic E-state index is 12.1. The molecule has 5 atom stereocenters. The van der Waals surface area contributed by atoms with Crippen molar-refractivity contribution in [1.82, 2.24) is 0 Å². The van der Waals surface area contributed by atoms with Crippen LogP contribution < -0.4 is 0 Å². The number of carbonyl (C=O) groups is 1. The second-order valence-corrected chi connectivity index (χ2v) is 6.31. The predicted molar refractivity (Wildman–Crippen MR) is 83.8 cm³/mol. The van der Waals surface area contributed by atoms with Crippen LogP contribution >= 0.6 is 31.9 Å². The number of ether oxygens (including phenoxy) is 3. The van der Waals surface area contributed by atoms with Gasteiger partial charge in [-0.15, -0.1) is 0 Å². The van der Waals surface area contributed by atoms with Crippen LogP contribution in [0, 0.1) is 0 Å². The molecular weight excluding hydrogens is 408 g/mol. The molecule has 1 aliphatic heterocycles. The van der Waals surface area contributed by atoms with Gasteiger partial charge in [-0.05, 0) is 12.1 Å². The van der Waals surface area contributed by atoms with Gasteiger partial charge in [-0.1, -0.05) is 50.1 Å². The van der Waals surface area contributed by atoms with E-state index in [-0.39, 0.29) is 0 Å². The van der Waals surface area contributed by atoms with Gasteiger partial charge in [-0.2, -0.15) is 0 Å². The number of aliphatic hydroxyl groups is 1. The van der Waals surface area contributed by atoms with Crippen molar-refractivity contribution in [2.75, 3.05) is 12.4 Å². The van der Waals surface area contributed by atoms with E-state index in [0.29, 0.717) is 10.9 Å². The summed E-state index contributed by atoms with van der Waals surface area (Å²) in [6.45, 7) is 0. The van der Waals surface area contributed by atoms with E-state index in [1.165, 1.54) is 7.11 Å². The van der Waals surface area contributed by atoms with Crippen LogP contribution in [-0.2, 0) is 14.2 Å². The molecule has 1 aliphatic rings. The number of hydrogen-bond donors (Lipinski definition) is 1. The van der Waals surface area contributed by atoms with Gasteiger partial charge in [0, 0.05) is 12.4 Å². The molecule has 1 saturated heterocycles. The summed E-state index contributed by atoms with van der Waals surface area (Å²) in [6.07, 6.45) is -2.81. The zero-order chi connectivity index (χ0) is 15.4. The van der Waals surface area contributed by atoms with Crippen LogP contribution in [0.25, 0.3) is 0 Å². The van der Waals surface area contributed by atoms with Gasteiger partial charge in [0.2, 0.25) is 0 Å². The molecule has 0 radical (unpaired) electrons. The molecule has 5 unspecified atom stereocenters. The lowest BCUT2D eigenvalue weighted by Crippen LogP contribution is -2.57. The topological polar surface area (TPSA) is 65.0 Å². The highest BCUT2D eigenvalue weighted by atomic mass is 79.9. The summed E-state index contributed by atoms with van der Waals surface area (Å²) in [6, 6.07) is 8.63. The normalized spacial score (nSPS) is 32.7. The molecule has 0 saturated carbocycles. The Labute approximate surface area is 139 Å². The lowest BCUT2D eigenvalue weighted by molar-refractivity contribution is -0.229. The van der Waals surface area contributed by atoms with Gasteiger partial charge < -0.3 is 19.3 Å². The maximum absolute atomic E-state index is 12.1. The SMILES string of the molecule is COC1OC(CBr)C(OC(=O)c2ccccc2)C(O)C1Br. The van der Waals surface area contributed by atoms with Crippen LogP contribution in [-0.4, -0.2) is 52.9 Å². The zero-order valence-electron chi connectivity index (χ0n) is 11.3. The molecule has 0 bridgehead atoms. The number of aliphatic hydroxyl groups excluding tert-OH is 1. The molecule has 0 amide bonds. The van der Waals surface area contributed by atoms with Crippen molar-refractivity contribution in [2.24, 2.45) is 0 Å². The molecule has 7 heteroatoms. The van der Waals surface area contributed by atoms with Crippen LogP contribution in [0.1, 0.15) is 10.4 Å². The summed E-state index contributed by atoms with van der Waals surface area (Å²) in [5.74, 6) is -0.496. The molecule has 1 aromatic carbocycles. The van der Waals surface area contributed by atoms with E-state index in [1.807, 2.05) is 6.07 Å². The molecule has 5 nitrogen and oxygen atoms in total. The van der Waals surface area contributed by atoms with Gasteiger partial charge >= 0.3 is 5.97 Å². The van der Waals surface area contributed by atoms with Crippen molar-refractivity contribution in [1.29, 1.82) is 0 Å². The molecular formula is C14H16Br2O5.